The lowest BCUT2D eigenvalue weighted by atomic mass is 10.0. The van der Waals surface area contributed by atoms with Crippen LogP contribution in [0.5, 0.6) is 0 Å². The van der Waals surface area contributed by atoms with E-state index in [-0.39, 0.29) is 29.3 Å². The van der Waals surface area contributed by atoms with E-state index in [4.69, 9.17) is 5.73 Å². The number of nitrogens with zero attached hydrogens (tertiary/aromatic N) is 3. The lowest BCUT2D eigenvalue weighted by molar-refractivity contribution is -0.132. The first-order valence-corrected chi connectivity index (χ1v) is 10.2. The third kappa shape index (κ3) is 4.66. The number of anilines is 2. The predicted octanol–water partition coefficient (Wildman–Crippen LogP) is 2.19. The molecule has 1 aliphatic heterocycles. The van der Waals surface area contributed by atoms with E-state index in [2.05, 4.69) is 10.3 Å². The largest absolute Gasteiger partial charge is 0.383 e. The van der Waals surface area contributed by atoms with Crippen molar-refractivity contribution in [3.63, 3.8) is 0 Å². The van der Waals surface area contributed by atoms with E-state index in [0.29, 0.717) is 31.7 Å². The summed E-state index contributed by atoms with van der Waals surface area (Å²) in [5.74, 6) is -0.844. The Morgan fingerprint density at radius 2 is 1.94 bits per heavy atom. The van der Waals surface area contributed by atoms with E-state index in [0.717, 1.165) is 11.3 Å². The minimum absolute atomic E-state index is 0.0828. The van der Waals surface area contributed by atoms with Crippen molar-refractivity contribution in [2.24, 2.45) is 0 Å². The molecule has 2 amide bonds. The van der Waals surface area contributed by atoms with Crippen LogP contribution in [0, 0.1) is 5.82 Å². The fraction of sp³-hybridized carbons (Fsp3) is 0.217. The first kappa shape index (κ1) is 21.2. The van der Waals surface area contributed by atoms with Gasteiger partial charge in [0.2, 0.25) is 5.91 Å². The molecule has 2 aromatic heterocycles. The number of aromatic nitrogens is 2. The first-order chi connectivity index (χ1) is 15.4. The van der Waals surface area contributed by atoms with Crippen molar-refractivity contribution in [3.05, 3.63) is 87.7 Å². The highest BCUT2D eigenvalue weighted by molar-refractivity contribution is 6.07. The summed E-state index contributed by atoms with van der Waals surface area (Å²) in [6.07, 6.45) is 2.37. The van der Waals surface area contributed by atoms with Crippen molar-refractivity contribution >= 4 is 23.3 Å². The van der Waals surface area contributed by atoms with Gasteiger partial charge in [-0.2, -0.15) is 0 Å². The Bertz CT molecular complexity index is 1220. The minimum atomic E-state index is -0.462. The SMILES string of the molecule is Nc1nc2c(cc1C(=O)Nc1ccc(F)cc1)CN(C(=O)CCn1ccccc1=O)CC2. The number of aryl methyl sites for hydroxylation is 1. The normalized spacial score (nSPS) is 12.8. The zero-order valence-electron chi connectivity index (χ0n) is 17.3. The smallest absolute Gasteiger partial charge is 0.259 e. The highest BCUT2D eigenvalue weighted by Crippen LogP contribution is 2.23. The van der Waals surface area contributed by atoms with Crippen LogP contribution in [0.4, 0.5) is 15.9 Å². The summed E-state index contributed by atoms with van der Waals surface area (Å²) in [6.45, 7) is 1.10. The number of halogens is 1. The van der Waals surface area contributed by atoms with Crippen molar-refractivity contribution in [1.29, 1.82) is 0 Å². The van der Waals surface area contributed by atoms with Gasteiger partial charge in [0, 0.05) is 56.1 Å². The monoisotopic (exact) mass is 435 g/mol. The second-order valence-corrected chi connectivity index (χ2v) is 7.54. The molecule has 8 nitrogen and oxygen atoms in total. The Morgan fingerprint density at radius 3 is 2.69 bits per heavy atom. The number of nitrogen functional groups attached to an aromatic ring is 1. The van der Waals surface area contributed by atoms with Gasteiger partial charge in [0.25, 0.3) is 11.5 Å². The molecule has 0 aliphatic carbocycles. The van der Waals surface area contributed by atoms with E-state index >= 15 is 0 Å². The predicted molar refractivity (Wildman–Crippen MR) is 117 cm³/mol. The highest BCUT2D eigenvalue weighted by Gasteiger charge is 2.24. The molecule has 3 heterocycles. The molecule has 0 radical (unpaired) electrons. The minimum Gasteiger partial charge on any atom is -0.383 e. The number of pyridine rings is 2. The number of fused-ring (bicyclic) bond motifs is 1. The summed E-state index contributed by atoms with van der Waals surface area (Å²) in [5.41, 5.74) is 7.98. The molecule has 0 fully saturated rings. The van der Waals surface area contributed by atoms with Crippen molar-refractivity contribution in [2.75, 3.05) is 17.6 Å². The van der Waals surface area contributed by atoms with Gasteiger partial charge in [-0.05, 0) is 42.0 Å². The highest BCUT2D eigenvalue weighted by atomic mass is 19.1. The number of carbonyl (C=O) groups excluding carboxylic acids is 2. The van der Waals surface area contributed by atoms with Crippen molar-refractivity contribution in [1.82, 2.24) is 14.5 Å². The molecule has 3 N–H and O–H groups in total. The summed E-state index contributed by atoms with van der Waals surface area (Å²) in [4.78, 5) is 43.2. The molecule has 32 heavy (non-hydrogen) atoms. The summed E-state index contributed by atoms with van der Waals surface area (Å²) in [6, 6.07) is 11.9. The summed E-state index contributed by atoms with van der Waals surface area (Å²) in [5, 5.41) is 2.67. The zero-order chi connectivity index (χ0) is 22.7. The molecular formula is C23H22FN5O3. The van der Waals surface area contributed by atoms with Gasteiger partial charge >= 0.3 is 0 Å². The molecule has 1 aromatic carbocycles. The molecule has 0 bridgehead atoms. The number of nitrogens with one attached hydrogen (secondary N) is 1. The lowest BCUT2D eigenvalue weighted by Gasteiger charge is -2.29. The average Bonchev–Trinajstić information content (AvgIpc) is 2.79. The second-order valence-electron chi connectivity index (χ2n) is 7.54. The third-order valence-electron chi connectivity index (χ3n) is 5.37. The molecule has 164 valence electrons. The topological polar surface area (TPSA) is 110 Å². The molecule has 1 aliphatic rings. The maximum Gasteiger partial charge on any atom is 0.259 e. The van der Waals surface area contributed by atoms with E-state index < -0.39 is 11.7 Å². The van der Waals surface area contributed by atoms with Gasteiger partial charge in [0.05, 0.1) is 5.56 Å². The number of benzene rings is 1. The lowest BCUT2D eigenvalue weighted by Crippen LogP contribution is -2.37. The van der Waals surface area contributed by atoms with E-state index in [1.807, 2.05) is 0 Å². The maximum absolute atomic E-state index is 13.1. The molecule has 0 saturated heterocycles. The summed E-state index contributed by atoms with van der Waals surface area (Å²) in [7, 11) is 0. The van der Waals surface area contributed by atoms with Gasteiger partial charge in [-0.15, -0.1) is 0 Å². The quantitative estimate of drug-likeness (QED) is 0.638. The van der Waals surface area contributed by atoms with Gasteiger partial charge in [0.15, 0.2) is 0 Å². The number of nitrogens with two attached hydrogens (primary N) is 1. The van der Waals surface area contributed by atoms with Crippen LogP contribution in [-0.4, -0.2) is 32.8 Å². The van der Waals surface area contributed by atoms with E-state index in [9.17, 15) is 18.8 Å². The van der Waals surface area contributed by atoms with Crippen molar-refractivity contribution in [3.8, 4) is 0 Å². The number of rotatable bonds is 5. The average molecular weight is 435 g/mol. The van der Waals surface area contributed by atoms with Crippen LogP contribution < -0.4 is 16.6 Å². The van der Waals surface area contributed by atoms with Crippen LogP contribution in [0.25, 0.3) is 0 Å². The van der Waals surface area contributed by atoms with Crippen LogP contribution in [-0.2, 0) is 24.3 Å². The van der Waals surface area contributed by atoms with E-state index in [1.165, 1.54) is 34.9 Å². The van der Waals surface area contributed by atoms with Crippen LogP contribution in [0.1, 0.15) is 28.0 Å². The molecule has 0 atom stereocenters. The zero-order valence-corrected chi connectivity index (χ0v) is 17.3. The molecule has 0 spiro atoms. The number of amides is 2. The first-order valence-electron chi connectivity index (χ1n) is 10.2. The van der Waals surface area contributed by atoms with Crippen LogP contribution in [0.2, 0.25) is 0 Å². The standard InChI is InChI=1S/C23H22FN5O3/c24-16-4-6-17(7-5-16)26-23(32)18-13-15-14-29(11-8-19(15)27-22(18)25)21(31)9-12-28-10-2-1-3-20(28)30/h1-7,10,13H,8-9,11-12,14H2,(H2,25,27)(H,26,32). The molecule has 9 heteroatoms. The van der Waals surface area contributed by atoms with Gasteiger partial charge in [-0.3, -0.25) is 14.4 Å². The summed E-state index contributed by atoms with van der Waals surface area (Å²) < 4.78 is 14.6. The molecular weight excluding hydrogens is 413 g/mol. The van der Waals surface area contributed by atoms with Gasteiger partial charge < -0.3 is 20.5 Å². The Labute approximate surface area is 183 Å². The number of hydrogen-bond donors (Lipinski definition) is 2. The third-order valence-corrected chi connectivity index (χ3v) is 5.37. The van der Waals surface area contributed by atoms with Gasteiger partial charge in [-0.1, -0.05) is 6.07 Å². The fourth-order valence-corrected chi connectivity index (χ4v) is 3.63. The van der Waals surface area contributed by atoms with Crippen LogP contribution >= 0.6 is 0 Å². The Hall–Kier alpha value is -4.01. The fourth-order valence-electron chi connectivity index (χ4n) is 3.63. The second kappa shape index (κ2) is 9.01. The molecule has 4 rings (SSSR count). The Kier molecular flexibility index (Phi) is 5.98. The van der Waals surface area contributed by atoms with Gasteiger partial charge in [-0.25, -0.2) is 9.37 Å². The van der Waals surface area contributed by atoms with Gasteiger partial charge in [0.1, 0.15) is 11.6 Å². The Morgan fingerprint density at radius 1 is 1.16 bits per heavy atom. The van der Waals surface area contributed by atoms with E-state index in [1.54, 1.807) is 29.3 Å². The molecule has 0 unspecified atom stereocenters. The summed E-state index contributed by atoms with van der Waals surface area (Å²) >= 11 is 0. The number of hydrogen-bond acceptors (Lipinski definition) is 5. The molecule has 0 saturated carbocycles. The van der Waals surface area contributed by atoms with Crippen LogP contribution in [0.3, 0.4) is 0 Å². The number of carbonyl (C=O) groups is 2. The molecule has 3 aromatic rings. The van der Waals surface area contributed by atoms with Crippen molar-refractivity contribution in [2.45, 2.75) is 25.9 Å². The van der Waals surface area contributed by atoms with Crippen LogP contribution in [0.15, 0.2) is 59.5 Å². The maximum atomic E-state index is 13.1. The Balaban J connectivity index is 1.45. The van der Waals surface area contributed by atoms with Crippen molar-refractivity contribution < 1.29 is 14.0 Å².